The van der Waals surface area contributed by atoms with Crippen LogP contribution in [0.3, 0.4) is 0 Å². The fourth-order valence-electron chi connectivity index (χ4n) is 2.50. The number of hydrogen-bond acceptors (Lipinski definition) is 6. The Morgan fingerprint density at radius 2 is 1.83 bits per heavy atom. The van der Waals surface area contributed by atoms with Crippen LogP contribution in [0.2, 0.25) is 0 Å². The van der Waals surface area contributed by atoms with E-state index in [0.29, 0.717) is 16.7 Å². The number of ether oxygens (including phenoxy) is 1. The minimum atomic E-state index is -0.468. The summed E-state index contributed by atoms with van der Waals surface area (Å²) in [6.45, 7) is 0. The number of rotatable bonds is 5. The molecule has 0 spiro atoms. The van der Waals surface area contributed by atoms with Crippen molar-refractivity contribution in [3.05, 3.63) is 53.8 Å². The first-order valence-corrected chi connectivity index (χ1v) is 7.14. The van der Waals surface area contributed by atoms with Crippen molar-refractivity contribution in [2.24, 2.45) is 0 Å². The Morgan fingerprint density at radius 1 is 1.04 bits per heavy atom. The van der Waals surface area contributed by atoms with E-state index >= 15 is 0 Å². The highest BCUT2D eigenvalue weighted by molar-refractivity contribution is 6.16. The zero-order valence-corrected chi connectivity index (χ0v) is 12.8. The van der Waals surface area contributed by atoms with E-state index in [1.54, 1.807) is 18.2 Å². The summed E-state index contributed by atoms with van der Waals surface area (Å²) in [6, 6.07) is 8.55. The second-order valence-corrected chi connectivity index (χ2v) is 5.21. The van der Waals surface area contributed by atoms with Gasteiger partial charge in [0.05, 0.1) is 30.7 Å². The van der Waals surface area contributed by atoms with Crippen LogP contribution in [-0.4, -0.2) is 28.9 Å². The Morgan fingerprint density at radius 3 is 2.54 bits per heavy atom. The number of benzene rings is 2. The van der Waals surface area contributed by atoms with Crippen molar-refractivity contribution in [3.63, 3.8) is 0 Å². The smallest absolute Gasteiger partial charge is 0.174 e. The Labute approximate surface area is 136 Å². The third kappa shape index (κ3) is 2.69. The summed E-state index contributed by atoms with van der Waals surface area (Å²) in [4.78, 5) is 24.7. The van der Waals surface area contributed by atoms with Gasteiger partial charge in [0, 0.05) is 5.56 Å². The van der Waals surface area contributed by atoms with Gasteiger partial charge in [-0.3, -0.25) is 9.59 Å². The predicted octanol–water partition coefficient (Wildman–Crippen LogP) is 3.31. The molecule has 122 valence electrons. The number of hydrogen-bond donors (Lipinski definition) is 2. The number of carbonyl (C=O) groups excluding carboxylic acids is 2. The van der Waals surface area contributed by atoms with Gasteiger partial charge in [-0.2, -0.15) is 0 Å². The summed E-state index contributed by atoms with van der Waals surface area (Å²) in [5.41, 5.74) is 1.00. The second-order valence-electron chi connectivity index (χ2n) is 5.21. The zero-order valence-electron chi connectivity index (χ0n) is 12.8. The second kappa shape index (κ2) is 6.08. The molecule has 3 aromatic rings. The maximum atomic E-state index is 12.5. The molecule has 2 aromatic carbocycles. The molecule has 0 radical (unpaired) electrons. The number of phenols is 2. The maximum Gasteiger partial charge on any atom is 0.174 e. The molecule has 0 aliphatic heterocycles. The van der Waals surface area contributed by atoms with Gasteiger partial charge in [0.2, 0.25) is 0 Å². The van der Waals surface area contributed by atoms with Gasteiger partial charge >= 0.3 is 0 Å². The molecule has 0 unspecified atom stereocenters. The summed E-state index contributed by atoms with van der Waals surface area (Å²) < 4.78 is 10.6. The first-order chi connectivity index (χ1) is 11.5. The Bertz CT molecular complexity index is 938. The molecular weight excluding hydrogens is 312 g/mol. The number of Topliss-reactive ketones (excluding diaryl/α,β-unsaturated/α-hetero) is 2. The molecule has 3 rings (SSSR count). The molecule has 6 heteroatoms. The minimum Gasteiger partial charge on any atom is -0.504 e. The van der Waals surface area contributed by atoms with E-state index in [9.17, 15) is 19.8 Å². The molecule has 1 aromatic heterocycles. The average Bonchev–Trinajstić information content (AvgIpc) is 3.04. The molecule has 0 bridgehead atoms. The van der Waals surface area contributed by atoms with Crippen LogP contribution >= 0.6 is 0 Å². The first kappa shape index (κ1) is 15.6. The highest BCUT2D eigenvalue weighted by Gasteiger charge is 2.20. The fraction of sp³-hybridized carbons (Fsp3) is 0.111. The van der Waals surface area contributed by atoms with E-state index < -0.39 is 17.3 Å². The van der Waals surface area contributed by atoms with Crippen LogP contribution in [0, 0.1) is 0 Å². The van der Waals surface area contributed by atoms with Crippen LogP contribution in [0.5, 0.6) is 17.2 Å². The van der Waals surface area contributed by atoms with Crippen LogP contribution in [0.4, 0.5) is 0 Å². The molecule has 6 nitrogen and oxygen atoms in total. The zero-order chi connectivity index (χ0) is 17.3. The van der Waals surface area contributed by atoms with Crippen molar-refractivity contribution in [3.8, 4) is 17.2 Å². The topological polar surface area (TPSA) is 97.0 Å². The lowest BCUT2D eigenvalue weighted by Gasteiger charge is -2.08. The number of fused-ring (bicyclic) bond motifs is 1. The highest BCUT2D eigenvalue weighted by Crippen LogP contribution is 2.32. The molecule has 0 atom stereocenters. The summed E-state index contributed by atoms with van der Waals surface area (Å²) >= 11 is 0. The number of methoxy groups -OCH3 is 1. The van der Waals surface area contributed by atoms with E-state index in [-0.39, 0.29) is 23.3 Å². The Hall–Kier alpha value is -3.28. The number of ketones is 2. The SMILES string of the molecule is COc1c(C(=O)CC(=O)c2ccc(O)c(O)c2)ccc2occc12. The first-order valence-electron chi connectivity index (χ1n) is 7.14. The fourth-order valence-corrected chi connectivity index (χ4v) is 2.50. The number of aromatic hydroxyl groups is 2. The number of phenolic OH excluding ortho intramolecular Hbond substituents is 2. The molecule has 0 saturated heterocycles. The quantitative estimate of drug-likeness (QED) is 0.424. The van der Waals surface area contributed by atoms with Crippen molar-refractivity contribution in [2.75, 3.05) is 7.11 Å². The third-order valence-corrected chi connectivity index (χ3v) is 3.71. The summed E-state index contributed by atoms with van der Waals surface area (Å²) in [6.07, 6.45) is 1.11. The lowest BCUT2D eigenvalue weighted by atomic mass is 9.99. The Kier molecular flexibility index (Phi) is 3.95. The normalized spacial score (nSPS) is 10.7. The lowest BCUT2D eigenvalue weighted by molar-refractivity contribution is 0.0892. The predicted molar refractivity (Wildman–Crippen MR) is 85.8 cm³/mol. The van der Waals surface area contributed by atoms with Gasteiger partial charge in [0.25, 0.3) is 0 Å². The standard InChI is InChI=1S/C18H14O6/c1-23-18-11(3-5-17-12(18)6-7-24-17)15(21)9-14(20)10-2-4-13(19)16(22)8-10/h2-8,19,22H,9H2,1H3. The molecule has 0 saturated carbocycles. The lowest BCUT2D eigenvalue weighted by Crippen LogP contribution is -2.10. The largest absolute Gasteiger partial charge is 0.504 e. The number of furan rings is 1. The molecule has 1 heterocycles. The maximum absolute atomic E-state index is 12.5. The van der Waals surface area contributed by atoms with Gasteiger partial charge in [-0.25, -0.2) is 0 Å². The van der Waals surface area contributed by atoms with Crippen LogP contribution in [0.25, 0.3) is 11.0 Å². The van der Waals surface area contributed by atoms with Crippen LogP contribution < -0.4 is 4.74 Å². The van der Waals surface area contributed by atoms with Gasteiger partial charge < -0.3 is 19.4 Å². The van der Waals surface area contributed by atoms with Crippen LogP contribution in [-0.2, 0) is 0 Å². The van der Waals surface area contributed by atoms with Crippen molar-refractivity contribution < 1.29 is 29.0 Å². The Balaban J connectivity index is 1.89. The summed E-state index contributed by atoms with van der Waals surface area (Å²) in [7, 11) is 1.44. The molecule has 0 amide bonds. The van der Waals surface area contributed by atoms with Gasteiger partial charge in [-0.15, -0.1) is 0 Å². The molecule has 0 aliphatic rings. The van der Waals surface area contributed by atoms with E-state index in [0.717, 1.165) is 6.07 Å². The molecule has 0 fully saturated rings. The van der Waals surface area contributed by atoms with Crippen LogP contribution in [0.15, 0.2) is 47.1 Å². The van der Waals surface area contributed by atoms with Gasteiger partial charge in [0.1, 0.15) is 11.3 Å². The summed E-state index contributed by atoms with van der Waals surface area (Å²) in [5.74, 6) is -1.26. The average molecular weight is 326 g/mol. The number of carbonyl (C=O) groups is 2. The molecule has 24 heavy (non-hydrogen) atoms. The van der Waals surface area contributed by atoms with E-state index in [2.05, 4.69) is 0 Å². The van der Waals surface area contributed by atoms with Crippen molar-refractivity contribution in [1.82, 2.24) is 0 Å². The minimum absolute atomic E-state index is 0.141. The van der Waals surface area contributed by atoms with Crippen molar-refractivity contribution in [1.29, 1.82) is 0 Å². The van der Waals surface area contributed by atoms with E-state index in [4.69, 9.17) is 9.15 Å². The molecular formula is C18H14O6. The van der Waals surface area contributed by atoms with E-state index in [1.807, 2.05) is 0 Å². The van der Waals surface area contributed by atoms with E-state index in [1.165, 1.54) is 25.5 Å². The monoisotopic (exact) mass is 326 g/mol. The molecule has 0 aliphatic carbocycles. The van der Waals surface area contributed by atoms with Crippen molar-refractivity contribution >= 4 is 22.5 Å². The van der Waals surface area contributed by atoms with Gasteiger partial charge in [-0.1, -0.05) is 0 Å². The molecule has 2 N–H and O–H groups in total. The van der Waals surface area contributed by atoms with Gasteiger partial charge in [-0.05, 0) is 36.4 Å². The van der Waals surface area contributed by atoms with Crippen LogP contribution in [0.1, 0.15) is 27.1 Å². The highest BCUT2D eigenvalue weighted by atomic mass is 16.5. The van der Waals surface area contributed by atoms with Gasteiger partial charge in [0.15, 0.2) is 23.1 Å². The third-order valence-electron chi connectivity index (χ3n) is 3.71. The summed E-state index contributed by atoms with van der Waals surface area (Å²) in [5, 5.41) is 19.4. The van der Waals surface area contributed by atoms with Crippen molar-refractivity contribution in [2.45, 2.75) is 6.42 Å².